The lowest BCUT2D eigenvalue weighted by atomic mass is 10.1. The molecule has 3 aromatic rings. The molecule has 1 saturated heterocycles. The maximum absolute atomic E-state index is 13.1. The summed E-state index contributed by atoms with van der Waals surface area (Å²) in [5.41, 5.74) is 1.79. The lowest BCUT2D eigenvalue weighted by molar-refractivity contribution is -0.122. The third kappa shape index (κ3) is 5.11. The van der Waals surface area contributed by atoms with Crippen LogP contribution in [0.4, 0.5) is 5.13 Å². The molecule has 1 aliphatic heterocycles. The Bertz CT molecular complexity index is 1070. The standard InChI is InChI=1S/C23H30N6O2S/c1-3-4-9-20(30)26-21(17-14-24-18-8-6-5-7-16(17)18)27-22(31)19-15-25-23(32-19)29-12-10-28(2)11-13-29/h5-8,14-15,21,24H,3-4,9-13H2,1-2H3,(H,26,30)(H,27,31). The quantitative estimate of drug-likeness (QED) is 0.455. The monoisotopic (exact) mass is 454 g/mol. The molecular weight excluding hydrogens is 424 g/mol. The molecule has 0 spiro atoms. The number of hydrogen-bond acceptors (Lipinski definition) is 6. The van der Waals surface area contributed by atoms with E-state index >= 15 is 0 Å². The van der Waals surface area contributed by atoms with Gasteiger partial charge in [-0.1, -0.05) is 42.9 Å². The number of para-hydroxylation sites is 1. The van der Waals surface area contributed by atoms with E-state index in [0.717, 1.165) is 60.6 Å². The minimum Gasteiger partial charge on any atom is -0.361 e. The third-order valence-electron chi connectivity index (χ3n) is 5.76. The van der Waals surface area contributed by atoms with Gasteiger partial charge in [0.2, 0.25) is 5.91 Å². The molecule has 1 aromatic carbocycles. The van der Waals surface area contributed by atoms with Gasteiger partial charge in [-0.05, 0) is 19.5 Å². The van der Waals surface area contributed by atoms with Gasteiger partial charge >= 0.3 is 0 Å². The van der Waals surface area contributed by atoms with E-state index in [0.29, 0.717) is 11.3 Å². The van der Waals surface area contributed by atoms with Crippen molar-refractivity contribution >= 4 is 39.2 Å². The second kappa shape index (κ2) is 10.1. The van der Waals surface area contributed by atoms with E-state index in [9.17, 15) is 9.59 Å². The topological polar surface area (TPSA) is 93.4 Å². The number of unbranched alkanes of at least 4 members (excludes halogenated alkanes) is 1. The van der Waals surface area contributed by atoms with E-state index in [1.807, 2.05) is 37.4 Å². The van der Waals surface area contributed by atoms with E-state index in [1.54, 1.807) is 6.20 Å². The molecule has 2 amide bonds. The highest BCUT2D eigenvalue weighted by Gasteiger charge is 2.23. The van der Waals surface area contributed by atoms with Crippen LogP contribution >= 0.6 is 11.3 Å². The first kappa shape index (κ1) is 22.3. The zero-order chi connectivity index (χ0) is 22.5. The Morgan fingerprint density at radius 2 is 1.97 bits per heavy atom. The molecule has 8 nitrogen and oxygen atoms in total. The Kier molecular flexibility index (Phi) is 7.06. The summed E-state index contributed by atoms with van der Waals surface area (Å²) in [7, 11) is 2.11. The number of H-pyrrole nitrogens is 1. The molecule has 0 saturated carbocycles. The number of nitrogens with one attached hydrogen (secondary N) is 3. The molecule has 9 heteroatoms. The zero-order valence-electron chi connectivity index (χ0n) is 18.6. The van der Waals surface area contributed by atoms with E-state index in [4.69, 9.17) is 0 Å². The first-order valence-electron chi connectivity index (χ1n) is 11.1. The molecule has 1 unspecified atom stereocenters. The van der Waals surface area contributed by atoms with Gasteiger partial charge in [-0.25, -0.2) is 4.98 Å². The van der Waals surface area contributed by atoms with Gasteiger partial charge in [0.1, 0.15) is 11.0 Å². The molecule has 170 valence electrons. The fourth-order valence-corrected chi connectivity index (χ4v) is 4.68. The number of fused-ring (bicyclic) bond motifs is 1. The number of benzene rings is 1. The van der Waals surface area contributed by atoms with Crippen molar-refractivity contribution < 1.29 is 9.59 Å². The fourth-order valence-electron chi connectivity index (χ4n) is 3.81. The maximum atomic E-state index is 13.1. The average molecular weight is 455 g/mol. The minimum atomic E-state index is -0.628. The molecule has 0 bridgehead atoms. The van der Waals surface area contributed by atoms with Crippen molar-refractivity contribution in [1.82, 2.24) is 25.5 Å². The van der Waals surface area contributed by atoms with Crippen molar-refractivity contribution in [2.45, 2.75) is 32.4 Å². The van der Waals surface area contributed by atoms with Crippen molar-refractivity contribution in [3.8, 4) is 0 Å². The summed E-state index contributed by atoms with van der Waals surface area (Å²) in [6, 6.07) is 7.86. The predicted octanol–water partition coefficient (Wildman–Crippen LogP) is 3.11. The first-order chi connectivity index (χ1) is 15.5. The molecule has 1 atom stereocenters. The number of thiazole rings is 1. The van der Waals surface area contributed by atoms with Crippen LogP contribution in [0.25, 0.3) is 10.9 Å². The Balaban J connectivity index is 1.51. The highest BCUT2D eigenvalue weighted by Crippen LogP contribution is 2.26. The van der Waals surface area contributed by atoms with Gasteiger partial charge in [0.25, 0.3) is 5.91 Å². The lowest BCUT2D eigenvalue weighted by Gasteiger charge is -2.32. The number of amides is 2. The summed E-state index contributed by atoms with van der Waals surface area (Å²) in [5.74, 6) is -0.321. The molecular formula is C23H30N6O2S. The second-order valence-electron chi connectivity index (χ2n) is 8.16. The van der Waals surface area contributed by atoms with Gasteiger partial charge in [0, 0.05) is 55.3 Å². The third-order valence-corrected chi connectivity index (χ3v) is 6.82. The average Bonchev–Trinajstić information content (AvgIpc) is 3.45. The Labute approximate surface area is 192 Å². The molecule has 32 heavy (non-hydrogen) atoms. The van der Waals surface area contributed by atoms with Gasteiger partial charge < -0.3 is 25.4 Å². The number of aromatic amines is 1. The number of hydrogen-bond donors (Lipinski definition) is 3. The Morgan fingerprint density at radius 3 is 2.75 bits per heavy atom. The summed E-state index contributed by atoms with van der Waals surface area (Å²) in [5, 5.41) is 7.84. The highest BCUT2D eigenvalue weighted by molar-refractivity contribution is 7.17. The van der Waals surface area contributed by atoms with Crippen molar-refractivity contribution in [3.05, 3.63) is 47.1 Å². The summed E-state index contributed by atoms with van der Waals surface area (Å²) in [4.78, 5) is 38.3. The molecule has 0 radical (unpaired) electrons. The number of aromatic nitrogens is 2. The minimum absolute atomic E-state index is 0.0788. The predicted molar refractivity (Wildman–Crippen MR) is 128 cm³/mol. The molecule has 1 aliphatic rings. The van der Waals surface area contributed by atoms with Crippen LogP contribution in [0.2, 0.25) is 0 Å². The zero-order valence-corrected chi connectivity index (χ0v) is 19.4. The van der Waals surface area contributed by atoms with Crippen molar-refractivity contribution in [1.29, 1.82) is 0 Å². The Hall–Kier alpha value is -2.91. The summed E-state index contributed by atoms with van der Waals surface area (Å²) >= 11 is 1.39. The summed E-state index contributed by atoms with van der Waals surface area (Å²) in [6.45, 7) is 5.81. The van der Waals surface area contributed by atoms with Gasteiger partial charge in [-0.15, -0.1) is 0 Å². The van der Waals surface area contributed by atoms with Crippen LogP contribution in [-0.4, -0.2) is 59.9 Å². The van der Waals surface area contributed by atoms with E-state index in [1.165, 1.54) is 11.3 Å². The SMILES string of the molecule is CCCCC(=O)NC(NC(=O)c1cnc(N2CCN(C)CC2)s1)c1c[nH]c2ccccc12. The van der Waals surface area contributed by atoms with Crippen LogP contribution in [0.1, 0.15) is 47.6 Å². The highest BCUT2D eigenvalue weighted by atomic mass is 32.1. The van der Waals surface area contributed by atoms with E-state index < -0.39 is 6.17 Å². The summed E-state index contributed by atoms with van der Waals surface area (Å²) in [6.07, 6.45) is 5.02. The Morgan fingerprint density at radius 1 is 1.19 bits per heavy atom. The van der Waals surface area contributed by atoms with Crippen LogP contribution in [-0.2, 0) is 4.79 Å². The van der Waals surface area contributed by atoms with Crippen LogP contribution in [0, 0.1) is 0 Å². The number of carbonyl (C=O) groups excluding carboxylic acids is 2. The van der Waals surface area contributed by atoms with Crippen LogP contribution in [0.15, 0.2) is 36.7 Å². The number of rotatable bonds is 8. The molecule has 2 aromatic heterocycles. The van der Waals surface area contributed by atoms with Gasteiger partial charge in [0.15, 0.2) is 5.13 Å². The van der Waals surface area contributed by atoms with Crippen molar-refractivity contribution in [3.63, 3.8) is 0 Å². The van der Waals surface area contributed by atoms with E-state index in [-0.39, 0.29) is 11.8 Å². The number of carbonyl (C=O) groups is 2. The summed E-state index contributed by atoms with van der Waals surface area (Å²) < 4.78 is 0. The lowest BCUT2D eigenvalue weighted by Crippen LogP contribution is -2.44. The normalized spacial score (nSPS) is 15.6. The molecule has 3 N–H and O–H groups in total. The molecule has 1 fully saturated rings. The first-order valence-corrected chi connectivity index (χ1v) is 11.9. The number of likely N-dealkylation sites (N-methyl/N-ethyl adjacent to an activating group) is 1. The van der Waals surface area contributed by atoms with Crippen LogP contribution in [0.5, 0.6) is 0 Å². The van der Waals surface area contributed by atoms with Crippen molar-refractivity contribution in [2.24, 2.45) is 0 Å². The number of nitrogens with zero attached hydrogens (tertiary/aromatic N) is 3. The maximum Gasteiger partial charge on any atom is 0.264 e. The van der Waals surface area contributed by atoms with Crippen LogP contribution < -0.4 is 15.5 Å². The van der Waals surface area contributed by atoms with Gasteiger partial charge in [-0.3, -0.25) is 9.59 Å². The second-order valence-corrected chi connectivity index (χ2v) is 9.17. The largest absolute Gasteiger partial charge is 0.361 e. The van der Waals surface area contributed by atoms with Gasteiger partial charge in [-0.2, -0.15) is 0 Å². The fraction of sp³-hybridized carbons (Fsp3) is 0.435. The number of anilines is 1. The smallest absolute Gasteiger partial charge is 0.264 e. The van der Waals surface area contributed by atoms with Crippen molar-refractivity contribution in [2.75, 3.05) is 38.1 Å². The van der Waals surface area contributed by atoms with E-state index in [2.05, 4.69) is 37.4 Å². The molecule has 0 aliphatic carbocycles. The molecule has 3 heterocycles. The number of piperazine rings is 1. The van der Waals surface area contributed by atoms with Crippen LogP contribution in [0.3, 0.4) is 0 Å². The van der Waals surface area contributed by atoms with Gasteiger partial charge in [0.05, 0.1) is 6.20 Å². The molecule has 4 rings (SSSR count).